The van der Waals surface area contributed by atoms with Crippen LogP contribution in [-0.4, -0.2) is 38.9 Å². The number of carbonyl (C=O) groups is 2. The molecule has 1 amide bonds. The number of aliphatic carboxylic acids is 1. The Kier molecular flexibility index (Phi) is 8.62. The summed E-state index contributed by atoms with van der Waals surface area (Å²) in [7, 11) is 1.58. The second-order valence-corrected chi connectivity index (χ2v) is 11.2. The van der Waals surface area contributed by atoms with Crippen LogP contribution in [0.2, 0.25) is 0 Å². The highest BCUT2D eigenvalue weighted by atomic mass is 127. The number of anilines is 2. The van der Waals surface area contributed by atoms with E-state index >= 15 is 0 Å². The van der Waals surface area contributed by atoms with E-state index in [0.29, 0.717) is 28.3 Å². The van der Waals surface area contributed by atoms with Crippen LogP contribution in [0.4, 0.5) is 11.4 Å². The Balaban J connectivity index is 1.53. The monoisotopic (exact) mass is 662 g/mol. The molecule has 2 unspecified atom stereocenters. The third kappa shape index (κ3) is 5.80. The molecule has 1 heterocycles. The van der Waals surface area contributed by atoms with E-state index in [1.54, 1.807) is 57.4 Å². The number of carboxylic acid groups (broad SMARTS) is 1. The number of carboxylic acids is 1. The number of fused-ring (bicyclic) bond motifs is 1. The number of ether oxygens (including phenoxy) is 1. The van der Waals surface area contributed by atoms with Crippen LogP contribution in [0.1, 0.15) is 30.0 Å². The van der Waals surface area contributed by atoms with Crippen LogP contribution >= 0.6 is 22.6 Å². The normalized spacial score (nSPS) is 12.8. The topological polar surface area (TPSA) is 129 Å². The van der Waals surface area contributed by atoms with E-state index < -0.39 is 29.2 Å². The fourth-order valence-electron chi connectivity index (χ4n) is 4.43. The van der Waals surface area contributed by atoms with Crippen LogP contribution in [-0.2, 0) is 16.1 Å². The van der Waals surface area contributed by atoms with Gasteiger partial charge in [0.15, 0.2) is 5.76 Å². The number of carbonyl (C=O) groups excluding carboxylic acids is 1. The summed E-state index contributed by atoms with van der Waals surface area (Å²) in [6.07, 6.45) is 0. The van der Waals surface area contributed by atoms with Gasteiger partial charge in [-0.3, -0.25) is 13.7 Å². The first-order chi connectivity index (χ1) is 18.5. The predicted octanol–water partition coefficient (Wildman–Crippen LogP) is 6.33. The highest BCUT2D eigenvalue weighted by molar-refractivity contribution is 14.1. The zero-order valence-corrected chi connectivity index (χ0v) is 24.6. The van der Waals surface area contributed by atoms with Gasteiger partial charge in [-0.1, -0.05) is 38.1 Å². The number of hydrogen-bond donors (Lipinski definition) is 3. The largest absolute Gasteiger partial charge is 0.495 e. The number of halogens is 1. The van der Waals surface area contributed by atoms with Crippen molar-refractivity contribution in [3.8, 4) is 16.9 Å². The van der Waals surface area contributed by atoms with E-state index in [0.717, 1.165) is 24.4 Å². The molecule has 4 rings (SSSR count). The van der Waals surface area contributed by atoms with Crippen LogP contribution in [0.3, 0.4) is 0 Å². The third-order valence-corrected chi connectivity index (χ3v) is 7.94. The molecule has 1 aromatic heterocycles. The zero-order chi connectivity index (χ0) is 28.4. The quantitative estimate of drug-likeness (QED) is 0.141. The lowest BCUT2D eigenvalue weighted by atomic mass is 10.0. The lowest BCUT2D eigenvalue weighted by Crippen LogP contribution is -2.45. The SMILES string of the molecule is COc1c(I)ccc2oc(C(=O)Nc3ccc(-c4ccc(N(C(C(=O)O)C(C)C)S(=O)O)cc4)cc3)c(C)c12. The van der Waals surface area contributed by atoms with Gasteiger partial charge < -0.3 is 19.6 Å². The van der Waals surface area contributed by atoms with Gasteiger partial charge in [-0.25, -0.2) is 9.00 Å². The second-order valence-electron chi connectivity index (χ2n) is 9.17. The maximum absolute atomic E-state index is 13.0. The van der Waals surface area contributed by atoms with Crippen molar-refractivity contribution in [2.75, 3.05) is 16.7 Å². The fraction of sp³-hybridized carbons (Fsp3) is 0.214. The first kappa shape index (κ1) is 28.6. The molecule has 0 aliphatic heterocycles. The predicted molar refractivity (Wildman–Crippen MR) is 160 cm³/mol. The molecular formula is C28H27IN2O7S. The molecule has 0 aliphatic rings. The lowest BCUT2D eigenvalue weighted by molar-refractivity contribution is -0.139. The Morgan fingerprint density at radius 2 is 1.62 bits per heavy atom. The number of aryl methyl sites for hydroxylation is 1. The standard InChI is InChI=1S/C28H27IN2O7S/c1-15(2)24(28(33)34)31(39(35)36)20-11-7-18(8-12-20)17-5-9-19(10-6-17)30-27(32)25-16(3)23-22(38-25)14-13-21(29)26(23)37-4/h5-15,24H,1-4H3,(H,30,32)(H,33,34)(H,35,36). The van der Waals surface area contributed by atoms with Crippen molar-refractivity contribution < 1.29 is 32.6 Å². The van der Waals surface area contributed by atoms with Gasteiger partial charge in [0.25, 0.3) is 17.2 Å². The summed E-state index contributed by atoms with van der Waals surface area (Å²) in [6, 6.07) is 16.4. The van der Waals surface area contributed by atoms with Gasteiger partial charge >= 0.3 is 5.97 Å². The number of methoxy groups -OCH3 is 1. The number of furan rings is 1. The van der Waals surface area contributed by atoms with Crippen LogP contribution < -0.4 is 14.4 Å². The number of nitrogens with zero attached hydrogens (tertiary/aromatic N) is 1. The molecule has 39 heavy (non-hydrogen) atoms. The first-order valence-electron chi connectivity index (χ1n) is 11.9. The van der Waals surface area contributed by atoms with Crippen molar-refractivity contribution >= 4 is 68.1 Å². The molecule has 204 valence electrons. The molecule has 3 aromatic carbocycles. The van der Waals surface area contributed by atoms with Gasteiger partial charge in [-0.2, -0.15) is 0 Å². The molecule has 0 fully saturated rings. The summed E-state index contributed by atoms with van der Waals surface area (Å²) in [5.74, 6) is -1.08. The maximum Gasteiger partial charge on any atom is 0.327 e. The lowest BCUT2D eigenvalue weighted by Gasteiger charge is -2.29. The Hall–Kier alpha value is -3.42. The summed E-state index contributed by atoms with van der Waals surface area (Å²) in [5.41, 5.74) is 3.80. The van der Waals surface area contributed by atoms with E-state index in [1.807, 2.05) is 31.2 Å². The molecule has 0 bridgehead atoms. The minimum atomic E-state index is -2.51. The summed E-state index contributed by atoms with van der Waals surface area (Å²) >= 11 is -0.339. The van der Waals surface area contributed by atoms with Crippen molar-refractivity contribution in [1.82, 2.24) is 0 Å². The summed E-state index contributed by atoms with van der Waals surface area (Å²) in [6.45, 7) is 5.18. The average Bonchev–Trinajstić information content (AvgIpc) is 3.23. The van der Waals surface area contributed by atoms with Crippen LogP contribution in [0.5, 0.6) is 5.75 Å². The highest BCUT2D eigenvalue weighted by Crippen LogP contribution is 2.37. The Labute approximate surface area is 241 Å². The van der Waals surface area contributed by atoms with E-state index in [1.165, 1.54) is 0 Å². The van der Waals surface area contributed by atoms with Gasteiger partial charge in [0.05, 0.1) is 21.8 Å². The fourth-order valence-corrected chi connectivity index (χ4v) is 5.93. The summed E-state index contributed by atoms with van der Waals surface area (Å²) in [4.78, 5) is 24.7. The second kappa shape index (κ2) is 11.8. The van der Waals surface area contributed by atoms with Crippen molar-refractivity contribution in [3.05, 3.63) is 75.6 Å². The minimum Gasteiger partial charge on any atom is -0.495 e. The summed E-state index contributed by atoms with van der Waals surface area (Å²) in [5, 5.41) is 13.2. The van der Waals surface area contributed by atoms with E-state index in [4.69, 9.17) is 9.15 Å². The summed E-state index contributed by atoms with van der Waals surface area (Å²) < 4.78 is 35.0. The molecule has 2 atom stereocenters. The number of nitrogens with one attached hydrogen (secondary N) is 1. The van der Waals surface area contributed by atoms with Gasteiger partial charge in [0.1, 0.15) is 17.4 Å². The molecule has 11 heteroatoms. The molecule has 0 saturated heterocycles. The van der Waals surface area contributed by atoms with Gasteiger partial charge in [-0.05, 0) is 83.0 Å². The minimum absolute atomic E-state index is 0.205. The van der Waals surface area contributed by atoms with E-state index in [-0.39, 0.29) is 11.7 Å². The van der Waals surface area contributed by atoms with Crippen molar-refractivity contribution in [2.24, 2.45) is 5.92 Å². The molecule has 0 radical (unpaired) electrons. The molecule has 4 aromatic rings. The molecule has 0 spiro atoms. The average molecular weight is 663 g/mol. The first-order valence-corrected chi connectivity index (χ1v) is 14.1. The molecule has 9 nitrogen and oxygen atoms in total. The highest BCUT2D eigenvalue weighted by Gasteiger charge is 2.32. The van der Waals surface area contributed by atoms with Crippen molar-refractivity contribution in [3.63, 3.8) is 0 Å². The van der Waals surface area contributed by atoms with Gasteiger partial charge in [-0.15, -0.1) is 0 Å². The van der Waals surface area contributed by atoms with Crippen LogP contribution in [0, 0.1) is 16.4 Å². The smallest absolute Gasteiger partial charge is 0.327 e. The van der Waals surface area contributed by atoms with Gasteiger partial charge in [0, 0.05) is 11.3 Å². The Bertz CT molecular complexity index is 1550. The van der Waals surface area contributed by atoms with Gasteiger partial charge in [0.2, 0.25) is 0 Å². The maximum atomic E-state index is 13.0. The van der Waals surface area contributed by atoms with Crippen LogP contribution in [0.25, 0.3) is 22.1 Å². The van der Waals surface area contributed by atoms with Crippen LogP contribution in [0.15, 0.2) is 65.1 Å². The number of rotatable bonds is 9. The number of amides is 1. The molecule has 3 N–H and O–H groups in total. The zero-order valence-electron chi connectivity index (χ0n) is 21.6. The number of hydrogen-bond acceptors (Lipinski definition) is 5. The van der Waals surface area contributed by atoms with Crippen molar-refractivity contribution in [2.45, 2.75) is 26.8 Å². The third-order valence-electron chi connectivity index (χ3n) is 6.31. The van der Waals surface area contributed by atoms with Crippen molar-refractivity contribution in [1.29, 1.82) is 0 Å². The molecule has 0 aliphatic carbocycles. The Morgan fingerprint density at radius 1 is 1.03 bits per heavy atom. The number of benzene rings is 3. The van der Waals surface area contributed by atoms with E-state index in [9.17, 15) is 23.5 Å². The Morgan fingerprint density at radius 3 is 2.13 bits per heavy atom. The molecular weight excluding hydrogens is 635 g/mol. The van der Waals surface area contributed by atoms with E-state index in [2.05, 4.69) is 27.9 Å². The molecule has 0 saturated carbocycles.